The fourth-order valence-electron chi connectivity index (χ4n) is 2.78. The Morgan fingerprint density at radius 1 is 1.14 bits per heavy atom. The van der Waals surface area contributed by atoms with Crippen LogP contribution < -0.4 is 10.1 Å². The summed E-state index contributed by atoms with van der Waals surface area (Å²) in [6.45, 7) is 5.47. The Morgan fingerprint density at radius 3 is 2.59 bits per heavy atom. The summed E-state index contributed by atoms with van der Waals surface area (Å²) in [6, 6.07) is 13.0. The second-order valence-corrected chi connectivity index (χ2v) is 8.72. The van der Waals surface area contributed by atoms with E-state index in [0.29, 0.717) is 17.1 Å². The van der Waals surface area contributed by atoms with Crippen LogP contribution in [0.1, 0.15) is 34.3 Å². The lowest BCUT2D eigenvalue weighted by atomic mass is 10.2. The van der Waals surface area contributed by atoms with Crippen LogP contribution >= 0.6 is 0 Å². The molecule has 1 heterocycles. The van der Waals surface area contributed by atoms with Crippen molar-refractivity contribution in [2.45, 2.75) is 32.3 Å². The van der Waals surface area contributed by atoms with Gasteiger partial charge in [-0.25, -0.2) is 8.42 Å². The number of carbonyl (C=O) groups is 1. The molecule has 0 radical (unpaired) electrons. The van der Waals surface area contributed by atoms with E-state index in [2.05, 4.69) is 10.5 Å². The van der Waals surface area contributed by atoms with E-state index in [9.17, 15) is 13.2 Å². The highest BCUT2D eigenvalue weighted by atomic mass is 32.2. The van der Waals surface area contributed by atoms with Gasteiger partial charge in [0.05, 0.1) is 27.6 Å². The Bertz CT molecular complexity index is 1120. The van der Waals surface area contributed by atoms with Crippen LogP contribution in [0.4, 0.5) is 5.69 Å². The van der Waals surface area contributed by atoms with Gasteiger partial charge >= 0.3 is 0 Å². The summed E-state index contributed by atoms with van der Waals surface area (Å²) in [5.74, 6) is 0.717. The van der Waals surface area contributed by atoms with Crippen molar-refractivity contribution in [1.82, 2.24) is 5.16 Å². The number of hydrogen-bond acceptors (Lipinski definition) is 6. The van der Waals surface area contributed by atoms with Crippen LogP contribution in [0.5, 0.6) is 5.75 Å². The lowest BCUT2D eigenvalue weighted by Crippen LogP contribution is -2.15. The molecule has 0 aliphatic carbocycles. The van der Waals surface area contributed by atoms with Gasteiger partial charge in [-0.1, -0.05) is 30.3 Å². The van der Waals surface area contributed by atoms with Gasteiger partial charge < -0.3 is 14.6 Å². The molecule has 0 unspecified atom stereocenters. The maximum Gasteiger partial charge on any atom is 0.255 e. The fourth-order valence-corrected chi connectivity index (χ4v) is 3.83. The Morgan fingerprint density at radius 2 is 1.90 bits per heavy atom. The molecule has 0 atom stereocenters. The van der Waals surface area contributed by atoms with Crippen molar-refractivity contribution in [3.8, 4) is 5.75 Å². The predicted molar refractivity (Wildman–Crippen MR) is 109 cm³/mol. The Hall–Kier alpha value is -3.13. The lowest BCUT2D eigenvalue weighted by Gasteiger charge is -2.12. The first kappa shape index (κ1) is 20.6. The molecule has 152 valence electrons. The van der Waals surface area contributed by atoms with E-state index in [1.807, 2.05) is 13.8 Å². The number of para-hydroxylation sites is 1. The third-order valence-electron chi connectivity index (χ3n) is 4.51. The molecule has 3 aromatic rings. The molecule has 0 bridgehead atoms. The van der Waals surface area contributed by atoms with Crippen molar-refractivity contribution in [3.05, 3.63) is 71.1 Å². The number of sulfone groups is 1. The Balaban J connectivity index is 1.77. The number of nitrogens with zero attached hydrogens (tertiary/aromatic N) is 1. The molecule has 2 aromatic carbocycles. The van der Waals surface area contributed by atoms with E-state index < -0.39 is 15.7 Å². The van der Waals surface area contributed by atoms with Crippen LogP contribution in [0.15, 0.2) is 57.9 Å². The zero-order valence-electron chi connectivity index (χ0n) is 16.4. The highest BCUT2D eigenvalue weighted by Gasteiger charge is 2.18. The molecule has 0 fully saturated rings. The SMILES string of the molecule is CCS(=O)(=O)c1ccccc1NC(=O)c1cccc(OCc2c(C)noc2C)c1. The number of aryl methyl sites for hydroxylation is 2. The molecule has 0 saturated heterocycles. The lowest BCUT2D eigenvalue weighted by molar-refractivity contribution is 0.102. The minimum absolute atomic E-state index is 0.0507. The van der Waals surface area contributed by atoms with Gasteiger partial charge in [-0.2, -0.15) is 0 Å². The van der Waals surface area contributed by atoms with Gasteiger partial charge in [0.15, 0.2) is 9.84 Å². The smallest absolute Gasteiger partial charge is 0.255 e. The van der Waals surface area contributed by atoms with Crippen molar-refractivity contribution < 1.29 is 22.5 Å². The molecule has 0 aliphatic heterocycles. The topological polar surface area (TPSA) is 98.5 Å². The largest absolute Gasteiger partial charge is 0.489 e. The number of aromatic nitrogens is 1. The maximum absolute atomic E-state index is 12.7. The number of rotatable bonds is 7. The Labute approximate surface area is 169 Å². The number of carbonyl (C=O) groups excluding carboxylic acids is 1. The first-order chi connectivity index (χ1) is 13.8. The monoisotopic (exact) mass is 414 g/mol. The molecule has 29 heavy (non-hydrogen) atoms. The average molecular weight is 414 g/mol. The molecule has 1 aromatic heterocycles. The van der Waals surface area contributed by atoms with Gasteiger partial charge in [-0.15, -0.1) is 0 Å². The van der Waals surface area contributed by atoms with Gasteiger partial charge in [0.2, 0.25) is 0 Å². The van der Waals surface area contributed by atoms with Gasteiger partial charge in [-0.3, -0.25) is 4.79 Å². The standard InChI is InChI=1S/C21H22N2O5S/c1-4-29(25,26)20-11-6-5-10-19(20)22-21(24)16-8-7-9-17(12-16)27-13-18-14(2)23-28-15(18)3/h5-12H,4,13H2,1-3H3,(H,22,24). The van der Waals surface area contributed by atoms with E-state index in [1.165, 1.54) is 6.07 Å². The van der Waals surface area contributed by atoms with Gasteiger partial charge in [0.25, 0.3) is 5.91 Å². The summed E-state index contributed by atoms with van der Waals surface area (Å²) in [5, 5.41) is 6.57. The van der Waals surface area contributed by atoms with E-state index in [1.54, 1.807) is 49.4 Å². The summed E-state index contributed by atoms with van der Waals surface area (Å²) in [4.78, 5) is 12.8. The summed E-state index contributed by atoms with van der Waals surface area (Å²) >= 11 is 0. The molecule has 1 N–H and O–H groups in total. The number of hydrogen-bond donors (Lipinski definition) is 1. The molecule has 0 aliphatic rings. The number of ether oxygens (including phenoxy) is 1. The highest BCUT2D eigenvalue weighted by Crippen LogP contribution is 2.24. The minimum atomic E-state index is -3.46. The molecule has 3 rings (SSSR count). The number of amides is 1. The zero-order chi connectivity index (χ0) is 21.0. The van der Waals surface area contributed by atoms with Gasteiger partial charge in [-0.05, 0) is 44.2 Å². The van der Waals surface area contributed by atoms with Crippen LogP contribution in [0, 0.1) is 13.8 Å². The molecule has 7 nitrogen and oxygen atoms in total. The van der Waals surface area contributed by atoms with E-state index in [4.69, 9.17) is 9.26 Å². The van der Waals surface area contributed by atoms with Crippen LogP contribution in [-0.2, 0) is 16.4 Å². The number of nitrogens with one attached hydrogen (secondary N) is 1. The quantitative estimate of drug-likeness (QED) is 0.629. The fraction of sp³-hybridized carbons (Fsp3) is 0.238. The van der Waals surface area contributed by atoms with Crippen molar-refractivity contribution in [2.24, 2.45) is 0 Å². The first-order valence-corrected chi connectivity index (χ1v) is 10.7. The second-order valence-electron chi connectivity index (χ2n) is 6.47. The maximum atomic E-state index is 12.7. The van der Waals surface area contributed by atoms with Crippen LogP contribution in [0.2, 0.25) is 0 Å². The van der Waals surface area contributed by atoms with E-state index in [0.717, 1.165) is 11.3 Å². The molecule has 1 amide bonds. The normalized spacial score (nSPS) is 11.3. The van der Waals surface area contributed by atoms with Crippen LogP contribution in [0.3, 0.4) is 0 Å². The highest BCUT2D eigenvalue weighted by molar-refractivity contribution is 7.91. The minimum Gasteiger partial charge on any atom is -0.489 e. The summed E-state index contributed by atoms with van der Waals surface area (Å²) in [5.41, 5.74) is 2.22. The number of anilines is 1. The summed E-state index contributed by atoms with van der Waals surface area (Å²) in [7, 11) is -3.46. The summed E-state index contributed by atoms with van der Waals surface area (Å²) < 4.78 is 35.4. The molecule has 0 saturated carbocycles. The molecular weight excluding hydrogens is 392 g/mol. The molecule has 8 heteroatoms. The number of benzene rings is 2. The first-order valence-electron chi connectivity index (χ1n) is 9.09. The van der Waals surface area contributed by atoms with Crippen LogP contribution in [0.25, 0.3) is 0 Å². The summed E-state index contributed by atoms with van der Waals surface area (Å²) in [6.07, 6.45) is 0. The Kier molecular flexibility index (Phi) is 6.03. The third-order valence-corrected chi connectivity index (χ3v) is 6.30. The average Bonchev–Trinajstić information content (AvgIpc) is 3.04. The van der Waals surface area contributed by atoms with Crippen molar-refractivity contribution in [2.75, 3.05) is 11.1 Å². The van der Waals surface area contributed by atoms with Gasteiger partial charge in [0, 0.05) is 5.56 Å². The van der Waals surface area contributed by atoms with Crippen molar-refractivity contribution >= 4 is 21.4 Å². The molecular formula is C21H22N2O5S. The van der Waals surface area contributed by atoms with E-state index in [-0.39, 0.29) is 22.9 Å². The van der Waals surface area contributed by atoms with Crippen LogP contribution in [-0.4, -0.2) is 25.2 Å². The third kappa shape index (κ3) is 4.65. The van der Waals surface area contributed by atoms with Gasteiger partial charge in [0.1, 0.15) is 18.1 Å². The van der Waals surface area contributed by atoms with Crippen molar-refractivity contribution in [3.63, 3.8) is 0 Å². The van der Waals surface area contributed by atoms with Crippen molar-refractivity contribution in [1.29, 1.82) is 0 Å². The second kappa shape index (κ2) is 8.48. The zero-order valence-corrected chi connectivity index (χ0v) is 17.2. The van der Waals surface area contributed by atoms with E-state index >= 15 is 0 Å². The molecule has 0 spiro atoms. The predicted octanol–water partition coefficient (Wildman–Crippen LogP) is 3.92.